The van der Waals surface area contributed by atoms with Crippen molar-refractivity contribution in [1.82, 2.24) is 9.88 Å². The number of hydrogen-bond donors (Lipinski definition) is 2. The number of amides is 1. The van der Waals surface area contributed by atoms with Gasteiger partial charge in [0.15, 0.2) is 0 Å². The molecule has 7 heteroatoms. The van der Waals surface area contributed by atoms with Crippen LogP contribution in [0.4, 0.5) is 0 Å². The average molecular weight is 412 g/mol. The van der Waals surface area contributed by atoms with Gasteiger partial charge in [0.2, 0.25) is 5.91 Å². The van der Waals surface area contributed by atoms with Crippen molar-refractivity contribution in [1.29, 1.82) is 0 Å². The summed E-state index contributed by atoms with van der Waals surface area (Å²) >= 11 is 0. The van der Waals surface area contributed by atoms with Crippen LogP contribution in [0, 0.1) is 5.92 Å². The van der Waals surface area contributed by atoms with Gasteiger partial charge in [-0.3, -0.25) is 9.78 Å². The normalized spacial score (nSPS) is 23.7. The lowest BCUT2D eigenvalue weighted by molar-refractivity contribution is -0.136. The molecule has 1 aromatic heterocycles. The fraction of sp³-hybridized carbons (Fsp3) is 0.500. The highest BCUT2D eigenvalue weighted by Crippen LogP contribution is 2.32. The van der Waals surface area contributed by atoms with Gasteiger partial charge in [0.05, 0.1) is 17.2 Å². The minimum absolute atomic E-state index is 0. The van der Waals surface area contributed by atoms with E-state index in [9.17, 15) is 9.90 Å². The van der Waals surface area contributed by atoms with Crippen molar-refractivity contribution in [2.75, 3.05) is 13.1 Å². The molecule has 1 saturated heterocycles. The van der Waals surface area contributed by atoms with Gasteiger partial charge in [0.25, 0.3) is 0 Å². The Hall–Kier alpha value is -1.40. The fourth-order valence-electron chi connectivity index (χ4n) is 4.37. The molecule has 1 saturated carbocycles. The van der Waals surface area contributed by atoms with Gasteiger partial charge in [-0.1, -0.05) is 31.0 Å². The molecule has 5 nitrogen and oxygen atoms in total. The summed E-state index contributed by atoms with van der Waals surface area (Å²) in [7, 11) is 0. The molecular weight excluding hydrogens is 385 g/mol. The standard InChI is InChI=1S/C20H25N3O2.2ClH/c21-20(8-3-4-9-20)19(25)23-12-15(18(24)13-23)11-14-7-10-22-17-6-2-1-5-16(14)17;;/h1-2,5-7,10,15,18,24H,3-4,8-9,11-13,21H2;2*1H/t15-,18+;;/m1../s1. The van der Waals surface area contributed by atoms with E-state index in [1.54, 1.807) is 4.90 Å². The van der Waals surface area contributed by atoms with Gasteiger partial charge in [-0.05, 0) is 37.0 Å². The fourth-order valence-corrected chi connectivity index (χ4v) is 4.37. The molecule has 148 valence electrons. The van der Waals surface area contributed by atoms with Crippen LogP contribution in [0.2, 0.25) is 0 Å². The second kappa shape index (κ2) is 8.74. The Morgan fingerprint density at radius 1 is 1.19 bits per heavy atom. The summed E-state index contributed by atoms with van der Waals surface area (Å²) in [5.74, 6) is 0.0610. The number of carbonyl (C=O) groups excluding carboxylic acids is 1. The van der Waals surface area contributed by atoms with Crippen LogP contribution in [0.25, 0.3) is 10.9 Å². The first-order valence-corrected chi connectivity index (χ1v) is 9.16. The smallest absolute Gasteiger partial charge is 0.242 e. The minimum atomic E-state index is -0.710. The third-order valence-electron chi connectivity index (χ3n) is 5.84. The number of halogens is 2. The first kappa shape index (κ1) is 21.9. The van der Waals surface area contributed by atoms with E-state index < -0.39 is 11.6 Å². The lowest BCUT2D eigenvalue weighted by atomic mass is 9.94. The van der Waals surface area contributed by atoms with Crippen molar-refractivity contribution in [2.45, 2.75) is 43.7 Å². The van der Waals surface area contributed by atoms with Crippen LogP contribution in [0.5, 0.6) is 0 Å². The van der Waals surface area contributed by atoms with Crippen molar-refractivity contribution in [3.05, 3.63) is 42.1 Å². The van der Waals surface area contributed by atoms with Gasteiger partial charge in [-0.2, -0.15) is 0 Å². The molecule has 2 aromatic rings. The first-order chi connectivity index (χ1) is 12.1. The van der Waals surface area contributed by atoms with Crippen LogP contribution < -0.4 is 5.73 Å². The highest BCUT2D eigenvalue weighted by molar-refractivity contribution is 5.87. The SMILES string of the molecule is Cl.Cl.NC1(C(=O)N2C[C@@H](Cc3ccnc4ccccc34)[C@@H](O)C2)CCCC1. The minimum Gasteiger partial charge on any atom is -0.391 e. The van der Waals surface area contributed by atoms with Crippen molar-refractivity contribution in [3.63, 3.8) is 0 Å². The molecule has 2 heterocycles. The zero-order valence-electron chi connectivity index (χ0n) is 15.2. The van der Waals surface area contributed by atoms with Crippen molar-refractivity contribution >= 4 is 41.6 Å². The van der Waals surface area contributed by atoms with Gasteiger partial charge in [-0.15, -0.1) is 24.8 Å². The molecule has 2 aliphatic rings. The van der Waals surface area contributed by atoms with Gasteiger partial charge in [0, 0.05) is 30.6 Å². The lowest BCUT2D eigenvalue weighted by Crippen LogP contribution is -2.53. The number of hydrogen-bond acceptors (Lipinski definition) is 4. The number of pyridine rings is 1. The number of aliphatic hydroxyl groups is 1. The predicted molar refractivity (Wildman–Crippen MR) is 111 cm³/mol. The highest BCUT2D eigenvalue weighted by Gasteiger charge is 2.44. The van der Waals surface area contributed by atoms with Crippen LogP contribution >= 0.6 is 24.8 Å². The first-order valence-electron chi connectivity index (χ1n) is 9.16. The summed E-state index contributed by atoms with van der Waals surface area (Å²) in [5.41, 5.74) is 7.75. The quantitative estimate of drug-likeness (QED) is 0.813. The lowest BCUT2D eigenvalue weighted by Gasteiger charge is -2.28. The number of aromatic nitrogens is 1. The largest absolute Gasteiger partial charge is 0.391 e. The summed E-state index contributed by atoms with van der Waals surface area (Å²) in [5, 5.41) is 11.6. The number of carbonyl (C=O) groups is 1. The molecule has 1 amide bonds. The Morgan fingerprint density at radius 2 is 1.89 bits per heavy atom. The molecule has 0 spiro atoms. The monoisotopic (exact) mass is 411 g/mol. The van der Waals surface area contributed by atoms with E-state index >= 15 is 0 Å². The molecule has 1 aliphatic carbocycles. The summed E-state index contributed by atoms with van der Waals surface area (Å²) in [4.78, 5) is 19.0. The molecule has 27 heavy (non-hydrogen) atoms. The number of fused-ring (bicyclic) bond motifs is 1. The maximum atomic E-state index is 12.8. The summed E-state index contributed by atoms with van der Waals surface area (Å²) < 4.78 is 0. The molecule has 1 aromatic carbocycles. The Morgan fingerprint density at radius 3 is 2.63 bits per heavy atom. The van der Waals surface area contributed by atoms with E-state index in [1.807, 2.05) is 30.5 Å². The van der Waals surface area contributed by atoms with E-state index in [1.165, 1.54) is 5.56 Å². The summed E-state index contributed by atoms with van der Waals surface area (Å²) in [6.45, 7) is 0.973. The molecular formula is C20H27Cl2N3O2. The molecule has 3 N–H and O–H groups in total. The maximum absolute atomic E-state index is 12.8. The number of aliphatic hydroxyl groups excluding tert-OH is 1. The molecule has 0 unspecified atom stereocenters. The number of nitrogens with two attached hydrogens (primary N) is 1. The van der Waals surface area contributed by atoms with Gasteiger partial charge in [-0.25, -0.2) is 0 Å². The second-order valence-electron chi connectivity index (χ2n) is 7.59. The molecule has 4 rings (SSSR count). The molecule has 0 radical (unpaired) electrons. The van der Waals surface area contributed by atoms with Crippen LogP contribution in [-0.4, -0.2) is 45.6 Å². The maximum Gasteiger partial charge on any atom is 0.242 e. The molecule has 1 aliphatic heterocycles. The van der Waals surface area contributed by atoms with E-state index in [0.717, 1.165) is 43.0 Å². The number of para-hydroxylation sites is 1. The van der Waals surface area contributed by atoms with Crippen molar-refractivity contribution < 1.29 is 9.90 Å². The van der Waals surface area contributed by atoms with E-state index in [0.29, 0.717) is 13.1 Å². The average Bonchev–Trinajstić information content (AvgIpc) is 3.22. The van der Waals surface area contributed by atoms with E-state index in [4.69, 9.17) is 5.73 Å². The van der Waals surface area contributed by atoms with E-state index in [-0.39, 0.29) is 36.6 Å². The zero-order chi connectivity index (χ0) is 17.4. The summed E-state index contributed by atoms with van der Waals surface area (Å²) in [6, 6.07) is 10.1. The Bertz CT molecular complexity index is 790. The number of likely N-dealkylation sites (tertiary alicyclic amines) is 1. The Balaban J connectivity index is 0.00000131. The zero-order valence-corrected chi connectivity index (χ0v) is 16.8. The summed E-state index contributed by atoms with van der Waals surface area (Å²) in [6.07, 6.45) is 5.62. The Labute approximate surface area is 172 Å². The number of benzene rings is 1. The van der Waals surface area contributed by atoms with Gasteiger partial charge < -0.3 is 15.7 Å². The highest BCUT2D eigenvalue weighted by atomic mass is 35.5. The second-order valence-corrected chi connectivity index (χ2v) is 7.59. The topological polar surface area (TPSA) is 79.5 Å². The number of β-amino-alcohol motifs (C(OH)–C–C–N with tert-alkyl or cyclic N) is 1. The van der Waals surface area contributed by atoms with Crippen molar-refractivity contribution in [3.8, 4) is 0 Å². The third-order valence-corrected chi connectivity index (χ3v) is 5.84. The Kier molecular flexibility index (Phi) is 7.09. The molecule has 2 fully saturated rings. The van der Waals surface area contributed by atoms with E-state index in [2.05, 4.69) is 11.1 Å². The van der Waals surface area contributed by atoms with Crippen LogP contribution in [-0.2, 0) is 11.2 Å². The van der Waals surface area contributed by atoms with Gasteiger partial charge in [0.1, 0.15) is 0 Å². The van der Waals surface area contributed by atoms with Crippen LogP contribution in [0.15, 0.2) is 36.5 Å². The van der Waals surface area contributed by atoms with Crippen molar-refractivity contribution in [2.24, 2.45) is 11.7 Å². The van der Waals surface area contributed by atoms with Crippen LogP contribution in [0.3, 0.4) is 0 Å². The molecule has 2 atom stereocenters. The third kappa shape index (κ3) is 4.21. The van der Waals surface area contributed by atoms with Gasteiger partial charge >= 0.3 is 0 Å². The number of nitrogens with zero attached hydrogens (tertiary/aromatic N) is 2. The predicted octanol–water partition coefficient (Wildman–Crippen LogP) is 2.71. The molecule has 0 bridgehead atoms. The number of rotatable bonds is 3. The van der Waals surface area contributed by atoms with Crippen LogP contribution in [0.1, 0.15) is 31.2 Å².